The van der Waals surface area contributed by atoms with Gasteiger partial charge in [0.05, 0.1) is 0 Å². The van der Waals surface area contributed by atoms with Gasteiger partial charge in [-0.2, -0.15) is 12.1 Å². The Balaban J connectivity index is 0.00000121. The Labute approximate surface area is 88.9 Å². The second kappa shape index (κ2) is 5.48. The third kappa shape index (κ3) is 3.06. The van der Waals surface area contributed by atoms with Crippen molar-refractivity contribution in [3.05, 3.63) is 23.9 Å². The molecule has 0 radical (unpaired) electrons. The number of allylic oxidation sites excluding steroid dienone is 3. The molecule has 1 aliphatic carbocycles. The quantitative estimate of drug-likeness (QED) is 0.398. The van der Waals surface area contributed by atoms with Crippen molar-refractivity contribution in [1.82, 2.24) is 0 Å². The first kappa shape index (κ1) is 11.8. The molecule has 0 saturated carbocycles. The van der Waals surface area contributed by atoms with E-state index in [-0.39, 0.29) is 21.1 Å². The van der Waals surface area contributed by atoms with E-state index in [0.717, 1.165) is 5.70 Å². The van der Waals surface area contributed by atoms with Crippen molar-refractivity contribution in [2.24, 2.45) is 16.8 Å². The SMILES string of the molecule is C[C-]=NC1=[C-]C(C)C=CC1C.[W+2]. The van der Waals surface area contributed by atoms with Crippen LogP contribution in [0.2, 0.25) is 0 Å². The largest absolute Gasteiger partial charge is 2.00 e. The summed E-state index contributed by atoms with van der Waals surface area (Å²) in [6.45, 7) is 6.03. The molecule has 64 valence electrons. The number of nitrogens with zero attached hydrogens (tertiary/aromatic N) is 1. The molecule has 0 aromatic rings. The van der Waals surface area contributed by atoms with Gasteiger partial charge in [-0.1, -0.05) is 19.8 Å². The summed E-state index contributed by atoms with van der Waals surface area (Å²) in [6, 6.07) is 0. The zero-order valence-corrected chi connectivity index (χ0v) is 10.6. The van der Waals surface area contributed by atoms with E-state index in [9.17, 15) is 0 Å². The Hall–Kier alpha value is -0.162. The van der Waals surface area contributed by atoms with Crippen molar-refractivity contribution >= 4 is 6.21 Å². The van der Waals surface area contributed by atoms with Gasteiger partial charge in [-0.25, -0.2) is 0 Å². The van der Waals surface area contributed by atoms with Crippen LogP contribution in [0.1, 0.15) is 20.8 Å². The van der Waals surface area contributed by atoms with Crippen LogP contribution >= 0.6 is 0 Å². The first-order valence-corrected chi connectivity index (χ1v) is 3.93. The van der Waals surface area contributed by atoms with Crippen LogP contribution in [-0.4, -0.2) is 6.21 Å². The van der Waals surface area contributed by atoms with Crippen LogP contribution in [-0.2, 0) is 21.1 Å². The van der Waals surface area contributed by atoms with Gasteiger partial charge in [0.25, 0.3) is 0 Å². The second-order valence-electron chi connectivity index (χ2n) is 2.83. The molecule has 0 bridgehead atoms. The van der Waals surface area contributed by atoms with Crippen molar-refractivity contribution in [3.8, 4) is 0 Å². The summed E-state index contributed by atoms with van der Waals surface area (Å²) in [6.07, 6.45) is 10.4. The summed E-state index contributed by atoms with van der Waals surface area (Å²) in [5.74, 6) is 0.803. The van der Waals surface area contributed by atoms with Crippen molar-refractivity contribution in [3.63, 3.8) is 0 Å². The summed E-state index contributed by atoms with van der Waals surface area (Å²) in [4.78, 5) is 4.12. The molecule has 1 aliphatic rings. The van der Waals surface area contributed by atoms with E-state index in [0.29, 0.717) is 11.8 Å². The Morgan fingerprint density at radius 2 is 2.08 bits per heavy atom. The van der Waals surface area contributed by atoms with E-state index >= 15 is 0 Å². The smallest absolute Gasteiger partial charge is 0.573 e. The van der Waals surface area contributed by atoms with Crippen LogP contribution in [0.3, 0.4) is 0 Å². The molecule has 2 unspecified atom stereocenters. The summed E-state index contributed by atoms with van der Waals surface area (Å²) < 4.78 is 0. The summed E-state index contributed by atoms with van der Waals surface area (Å²) in [5, 5.41) is 0. The van der Waals surface area contributed by atoms with E-state index < -0.39 is 0 Å². The molecule has 0 N–H and O–H groups in total. The predicted octanol–water partition coefficient (Wildman–Crippen LogP) is 2.48. The molecule has 0 spiro atoms. The molecule has 0 aliphatic heterocycles. The first-order valence-electron chi connectivity index (χ1n) is 3.93. The maximum Gasteiger partial charge on any atom is 2.00 e. The third-order valence-electron chi connectivity index (χ3n) is 1.73. The molecule has 0 saturated heterocycles. The van der Waals surface area contributed by atoms with Crippen LogP contribution < -0.4 is 0 Å². The van der Waals surface area contributed by atoms with Crippen LogP contribution in [0.5, 0.6) is 0 Å². The maximum absolute atomic E-state index is 4.12. The zero-order chi connectivity index (χ0) is 8.27. The zero-order valence-electron chi connectivity index (χ0n) is 7.66. The fourth-order valence-corrected chi connectivity index (χ4v) is 1.09. The van der Waals surface area contributed by atoms with Gasteiger partial charge < -0.3 is 11.1 Å². The number of hydrogen-bond donors (Lipinski definition) is 0. The van der Waals surface area contributed by atoms with Crippen LogP contribution in [0.25, 0.3) is 0 Å². The topological polar surface area (TPSA) is 12.4 Å². The number of hydrogen-bond acceptors (Lipinski definition) is 1. The summed E-state index contributed by atoms with van der Waals surface area (Å²) in [5.41, 5.74) is 1.02. The van der Waals surface area contributed by atoms with Gasteiger partial charge in [-0.05, 0) is 0 Å². The van der Waals surface area contributed by atoms with Gasteiger partial charge >= 0.3 is 21.1 Å². The van der Waals surface area contributed by atoms with Gasteiger partial charge in [0.1, 0.15) is 0 Å². The average molecular weight is 331 g/mol. The molecule has 12 heavy (non-hydrogen) atoms. The average Bonchev–Trinajstić information content (AvgIpc) is 1.98. The van der Waals surface area contributed by atoms with E-state index in [2.05, 4.69) is 43.3 Å². The molecule has 0 aromatic carbocycles. The Morgan fingerprint density at radius 3 is 2.67 bits per heavy atom. The molecule has 2 heteroatoms. The van der Waals surface area contributed by atoms with Crippen LogP contribution in [0.4, 0.5) is 0 Å². The van der Waals surface area contributed by atoms with Crippen molar-refractivity contribution < 1.29 is 21.1 Å². The van der Waals surface area contributed by atoms with Crippen LogP contribution in [0, 0.1) is 17.9 Å². The van der Waals surface area contributed by atoms with E-state index in [4.69, 9.17) is 0 Å². The normalized spacial score (nSPS) is 28.4. The standard InChI is InChI=1S/C10H13N.W/c1-4-11-10-7-8(2)5-6-9(10)3;/h5-6,8-9H,1-3H3;/q-2;+2. The Kier molecular flexibility index (Phi) is 5.40. The fourth-order valence-electron chi connectivity index (χ4n) is 1.09. The first-order chi connectivity index (χ1) is 5.24. The molecule has 0 fully saturated rings. The van der Waals surface area contributed by atoms with E-state index in [1.54, 1.807) is 0 Å². The molecule has 0 amide bonds. The minimum absolute atomic E-state index is 0. The molecular formula is C10H13NW. The van der Waals surface area contributed by atoms with E-state index in [1.807, 2.05) is 6.92 Å². The molecule has 2 atom stereocenters. The third-order valence-corrected chi connectivity index (χ3v) is 1.73. The molecule has 0 heterocycles. The Bertz CT molecular complexity index is 216. The van der Waals surface area contributed by atoms with Crippen molar-refractivity contribution in [2.45, 2.75) is 20.8 Å². The van der Waals surface area contributed by atoms with Gasteiger partial charge in [0.2, 0.25) is 0 Å². The maximum atomic E-state index is 4.12. The summed E-state index contributed by atoms with van der Waals surface area (Å²) in [7, 11) is 0. The van der Waals surface area contributed by atoms with Gasteiger partial charge in [0.15, 0.2) is 0 Å². The molecular weight excluding hydrogens is 318 g/mol. The Morgan fingerprint density at radius 1 is 1.42 bits per heavy atom. The van der Waals surface area contributed by atoms with Crippen molar-refractivity contribution in [1.29, 1.82) is 0 Å². The fraction of sp³-hybridized carbons (Fsp3) is 0.500. The van der Waals surface area contributed by atoms with Gasteiger partial charge in [0, 0.05) is 0 Å². The monoisotopic (exact) mass is 331 g/mol. The van der Waals surface area contributed by atoms with Crippen LogP contribution in [0.15, 0.2) is 22.8 Å². The minimum Gasteiger partial charge on any atom is -0.573 e. The number of rotatable bonds is 1. The summed E-state index contributed by atoms with van der Waals surface area (Å²) >= 11 is 0. The predicted molar refractivity (Wildman–Crippen MR) is 47.3 cm³/mol. The van der Waals surface area contributed by atoms with Gasteiger partial charge in [-0.3, -0.25) is 5.70 Å². The van der Waals surface area contributed by atoms with E-state index in [1.165, 1.54) is 0 Å². The number of aliphatic imine (C=N–C) groups is 1. The molecule has 0 aromatic heterocycles. The van der Waals surface area contributed by atoms with Crippen molar-refractivity contribution in [2.75, 3.05) is 0 Å². The van der Waals surface area contributed by atoms with Gasteiger partial charge in [-0.15, -0.1) is 19.1 Å². The molecule has 1 rings (SSSR count). The second-order valence-corrected chi connectivity index (χ2v) is 2.83. The molecule has 1 nitrogen and oxygen atoms in total. The minimum atomic E-state index is 0.